The third-order valence-corrected chi connectivity index (χ3v) is 2.67. The molecule has 20 heavy (non-hydrogen) atoms. The zero-order valence-corrected chi connectivity index (χ0v) is 10.8. The molecule has 4 nitrogen and oxygen atoms in total. The number of nitrogens with one attached hydrogen (secondary N) is 1. The first kappa shape index (κ1) is 13.8. The highest BCUT2D eigenvalue weighted by molar-refractivity contribution is 5.94. The van der Waals surface area contributed by atoms with Gasteiger partial charge in [-0.3, -0.25) is 4.79 Å². The molecule has 0 saturated heterocycles. The average Bonchev–Trinajstić information content (AvgIpc) is 2.53. The van der Waals surface area contributed by atoms with E-state index in [9.17, 15) is 4.79 Å². The number of nitriles is 1. The largest absolute Gasteiger partial charge is 0.341 e. The smallest absolute Gasteiger partial charge is 0.254 e. The lowest BCUT2D eigenvalue weighted by Crippen LogP contribution is -2.35. The quantitative estimate of drug-likeness (QED) is 0.846. The number of amides is 1. The molecular formula is C16H14N2O2. The van der Waals surface area contributed by atoms with Crippen LogP contribution in [0.2, 0.25) is 0 Å². The van der Waals surface area contributed by atoms with Crippen molar-refractivity contribution in [3.8, 4) is 6.07 Å². The van der Waals surface area contributed by atoms with Gasteiger partial charge in [0.15, 0.2) is 0 Å². The van der Waals surface area contributed by atoms with Gasteiger partial charge in [-0.1, -0.05) is 48.5 Å². The van der Waals surface area contributed by atoms with Crippen LogP contribution in [0.25, 0.3) is 0 Å². The van der Waals surface area contributed by atoms with Gasteiger partial charge in [0.25, 0.3) is 5.91 Å². The van der Waals surface area contributed by atoms with E-state index in [0.717, 1.165) is 5.56 Å². The Labute approximate surface area is 117 Å². The van der Waals surface area contributed by atoms with Crippen molar-refractivity contribution >= 4 is 5.91 Å². The van der Waals surface area contributed by atoms with Crippen LogP contribution in [0.4, 0.5) is 0 Å². The van der Waals surface area contributed by atoms with Crippen LogP contribution in [0, 0.1) is 11.3 Å². The molecule has 0 aromatic heterocycles. The SMILES string of the molecule is N#CC(NC(=O)c1ccccc1)OCc1ccccc1. The average molecular weight is 266 g/mol. The van der Waals surface area contributed by atoms with Gasteiger partial charge in [0.2, 0.25) is 6.23 Å². The number of ether oxygens (including phenoxy) is 1. The Morgan fingerprint density at radius 3 is 2.30 bits per heavy atom. The van der Waals surface area contributed by atoms with E-state index >= 15 is 0 Å². The van der Waals surface area contributed by atoms with E-state index < -0.39 is 6.23 Å². The van der Waals surface area contributed by atoms with Crippen LogP contribution in [0.3, 0.4) is 0 Å². The van der Waals surface area contributed by atoms with Crippen LogP contribution in [-0.4, -0.2) is 12.1 Å². The molecule has 0 fully saturated rings. The fraction of sp³-hybridized carbons (Fsp3) is 0.125. The summed E-state index contributed by atoms with van der Waals surface area (Å²) in [5.41, 5.74) is 1.44. The monoisotopic (exact) mass is 266 g/mol. The first-order valence-corrected chi connectivity index (χ1v) is 6.20. The van der Waals surface area contributed by atoms with E-state index in [0.29, 0.717) is 5.56 Å². The number of hydrogen-bond donors (Lipinski definition) is 1. The van der Waals surface area contributed by atoms with Gasteiger partial charge in [-0.05, 0) is 17.7 Å². The lowest BCUT2D eigenvalue weighted by atomic mass is 10.2. The zero-order chi connectivity index (χ0) is 14.2. The summed E-state index contributed by atoms with van der Waals surface area (Å²) in [5.74, 6) is -0.329. The van der Waals surface area contributed by atoms with E-state index in [4.69, 9.17) is 10.00 Å². The lowest BCUT2D eigenvalue weighted by molar-refractivity contribution is 0.0474. The number of nitrogens with zero attached hydrogens (tertiary/aromatic N) is 1. The first-order valence-electron chi connectivity index (χ1n) is 6.20. The molecule has 2 aromatic rings. The molecule has 100 valence electrons. The molecular weight excluding hydrogens is 252 g/mol. The van der Waals surface area contributed by atoms with Crippen molar-refractivity contribution in [1.82, 2.24) is 5.32 Å². The highest BCUT2D eigenvalue weighted by atomic mass is 16.5. The van der Waals surface area contributed by atoms with Crippen LogP contribution in [0.1, 0.15) is 15.9 Å². The van der Waals surface area contributed by atoms with Crippen molar-refractivity contribution in [2.75, 3.05) is 0 Å². The maximum atomic E-state index is 11.9. The molecule has 1 atom stereocenters. The fourth-order valence-electron chi connectivity index (χ4n) is 1.66. The Kier molecular flexibility index (Phi) is 4.87. The predicted molar refractivity (Wildman–Crippen MR) is 74.5 cm³/mol. The van der Waals surface area contributed by atoms with Crippen LogP contribution in [0.15, 0.2) is 60.7 Å². The Bertz CT molecular complexity index is 591. The molecule has 0 spiro atoms. The summed E-state index contributed by atoms with van der Waals surface area (Å²) in [6, 6.07) is 20.1. The second-order valence-corrected chi connectivity index (χ2v) is 4.15. The fourth-order valence-corrected chi connectivity index (χ4v) is 1.66. The van der Waals surface area contributed by atoms with Gasteiger partial charge in [-0.25, -0.2) is 0 Å². The zero-order valence-electron chi connectivity index (χ0n) is 10.8. The van der Waals surface area contributed by atoms with Crippen LogP contribution < -0.4 is 5.32 Å². The molecule has 0 aliphatic carbocycles. The highest BCUT2D eigenvalue weighted by Gasteiger charge is 2.13. The normalized spacial score (nSPS) is 11.3. The molecule has 0 radical (unpaired) electrons. The highest BCUT2D eigenvalue weighted by Crippen LogP contribution is 2.03. The van der Waals surface area contributed by atoms with Crippen LogP contribution in [-0.2, 0) is 11.3 Å². The number of benzene rings is 2. The maximum absolute atomic E-state index is 11.9. The summed E-state index contributed by atoms with van der Waals surface area (Å²) < 4.78 is 5.38. The topological polar surface area (TPSA) is 62.1 Å². The minimum atomic E-state index is -0.970. The van der Waals surface area contributed by atoms with Gasteiger partial charge in [-0.2, -0.15) is 5.26 Å². The Morgan fingerprint density at radius 2 is 1.70 bits per heavy atom. The molecule has 0 aliphatic rings. The summed E-state index contributed by atoms with van der Waals surface area (Å²) in [6.07, 6.45) is -0.970. The first-order chi connectivity index (χ1) is 9.79. The van der Waals surface area contributed by atoms with E-state index in [-0.39, 0.29) is 12.5 Å². The summed E-state index contributed by atoms with van der Waals surface area (Å²) in [5, 5.41) is 11.5. The van der Waals surface area contributed by atoms with E-state index in [2.05, 4.69) is 5.32 Å². The van der Waals surface area contributed by atoms with E-state index in [1.165, 1.54) is 0 Å². The minimum absolute atomic E-state index is 0.272. The van der Waals surface area contributed by atoms with Crippen molar-refractivity contribution in [3.63, 3.8) is 0 Å². The summed E-state index contributed by atoms with van der Waals surface area (Å²) in [7, 11) is 0. The molecule has 0 saturated carbocycles. The van der Waals surface area contributed by atoms with Gasteiger partial charge in [0.1, 0.15) is 6.07 Å². The molecule has 0 bridgehead atoms. The lowest BCUT2D eigenvalue weighted by Gasteiger charge is -2.12. The molecule has 1 unspecified atom stereocenters. The van der Waals surface area contributed by atoms with Crippen molar-refractivity contribution in [1.29, 1.82) is 5.26 Å². The molecule has 0 heterocycles. The third kappa shape index (κ3) is 3.94. The van der Waals surface area contributed by atoms with Gasteiger partial charge in [0.05, 0.1) is 6.61 Å². The van der Waals surface area contributed by atoms with Gasteiger partial charge < -0.3 is 10.1 Å². The Hall–Kier alpha value is -2.64. The third-order valence-electron chi connectivity index (χ3n) is 2.67. The van der Waals surface area contributed by atoms with Crippen molar-refractivity contribution < 1.29 is 9.53 Å². The number of hydrogen-bond acceptors (Lipinski definition) is 3. The Morgan fingerprint density at radius 1 is 1.10 bits per heavy atom. The molecule has 4 heteroatoms. The number of rotatable bonds is 5. The standard InChI is InChI=1S/C16H14N2O2/c17-11-15(20-12-13-7-3-1-4-8-13)18-16(19)14-9-5-2-6-10-14/h1-10,15H,12H2,(H,18,19). The second-order valence-electron chi connectivity index (χ2n) is 4.15. The maximum Gasteiger partial charge on any atom is 0.254 e. The summed E-state index contributed by atoms with van der Waals surface area (Å²) in [4.78, 5) is 11.9. The summed E-state index contributed by atoms with van der Waals surface area (Å²) in [6.45, 7) is 0.272. The minimum Gasteiger partial charge on any atom is -0.341 e. The molecule has 1 amide bonds. The summed E-state index contributed by atoms with van der Waals surface area (Å²) >= 11 is 0. The van der Waals surface area contributed by atoms with Crippen molar-refractivity contribution in [3.05, 3.63) is 71.8 Å². The van der Waals surface area contributed by atoms with Gasteiger partial charge in [0, 0.05) is 5.56 Å². The number of carbonyl (C=O) groups is 1. The van der Waals surface area contributed by atoms with Gasteiger partial charge >= 0.3 is 0 Å². The number of carbonyl (C=O) groups excluding carboxylic acids is 1. The van der Waals surface area contributed by atoms with E-state index in [1.54, 1.807) is 24.3 Å². The predicted octanol–water partition coefficient (Wildman–Crippen LogP) is 2.48. The molecule has 0 aliphatic heterocycles. The molecule has 2 aromatic carbocycles. The molecule has 2 rings (SSSR count). The van der Waals surface area contributed by atoms with Crippen molar-refractivity contribution in [2.45, 2.75) is 12.8 Å². The molecule has 1 N–H and O–H groups in total. The van der Waals surface area contributed by atoms with Crippen LogP contribution in [0.5, 0.6) is 0 Å². The van der Waals surface area contributed by atoms with E-state index in [1.807, 2.05) is 42.5 Å². The Balaban J connectivity index is 1.90. The van der Waals surface area contributed by atoms with Crippen molar-refractivity contribution in [2.24, 2.45) is 0 Å². The van der Waals surface area contributed by atoms with Gasteiger partial charge in [-0.15, -0.1) is 0 Å². The second kappa shape index (κ2) is 7.07. The van der Waals surface area contributed by atoms with Crippen LogP contribution >= 0.6 is 0 Å².